The maximum Gasteiger partial charge on any atom is 0.181 e. The second-order valence-electron chi connectivity index (χ2n) is 3.75. The van der Waals surface area contributed by atoms with E-state index in [9.17, 15) is 4.79 Å². The Kier molecular flexibility index (Phi) is 1.58. The van der Waals surface area contributed by atoms with E-state index in [1.807, 2.05) is 12.1 Å². The smallest absolute Gasteiger partial charge is 0.181 e. The van der Waals surface area contributed by atoms with Gasteiger partial charge in [-0.15, -0.1) is 0 Å². The summed E-state index contributed by atoms with van der Waals surface area (Å²) >= 11 is 0. The number of carbonyl (C=O) groups is 1. The van der Waals surface area contributed by atoms with Crippen LogP contribution in [-0.2, 0) is 16.0 Å². The van der Waals surface area contributed by atoms with E-state index in [1.165, 1.54) is 11.1 Å². The number of carbonyl (C=O) groups excluding carboxylic acids is 1. The summed E-state index contributed by atoms with van der Waals surface area (Å²) in [4.78, 5) is 11.2. The van der Waals surface area contributed by atoms with Gasteiger partial charge in [0.2, 0.25) is 0 Å². The molecule has 1 unspecified atom stereocenters. The molecular formula is C12H10O2. The van der Waals surface area contributed by atoms with Crippen LogP contribution in [0.4, 0.5) is 0 Å². The average Bonchev–Trinajstić information content (AvgIpc) is 2.54. The number of benzene rings is 1. The number of rotatable bonds is 0. The zero-order valence-corrected chi connectivity index (χ0v) is 7.69. The van der Waals surface area contributed by atoms with Gasteiger partial charge in [-0.05, 0) is 29.2 Å². The predicted molar refractivity (Wildman–Crippen MR) is 51.9 cm³/mol. The highest BCUT2D eigenvalue weighted by Crippen LogP contribution is 2.39. The number of ketones is 1. The first kappa shape index (κ1) is 7.94. The van der Waals surface area contributed by atoms with Crippen molar-refractivity contribution in [2.45, 2.75) is 12.5 Å². The molecule has 0 fully saturated rings. The Morgan fingerprint density at radius 2 is 2.14 bits per heavy atom. The van der Waals surface area contributed by atoms with Gasteiger partial charge in [0, 0.05) is 0 Å². The van der Waals surface area contributed by atoms with E-state index in [4.69, 9.17) is 4.74 Å². The van der Waals surface area contributed by atoms with E-state index in [0.29, 0.717) is 0 Å². The van der Waals surface area contributed by atoms with Gasteiger partial charge >= 0.3 is 0 Å². The quantitative estimate of drug-likeness (QED) is 0.617. The molecule has 0 bridgehead atoms. The largest absolute Gasteiger partial charge is 0.361 e. The van der Waals surface area contributed by atoms with Gasteiger partial charge in [0.15, 0.2) is 5.78 Å². The third-order valence-corrected chi connectivity index (χ3v) is 2.81. The molecule has 1 aromatic carbocycles. The molecule has 2 heteroatoms. The fourth-order valence-electron chi connectivity index (χ4n) is 2.20. The lowest BCUT2D eigenvalue weighted by Crippen LogP contribution is -2.17. The molecule has 0 aromatic heterocycles. The van der Waals surface area contributed by atoms with Crippen LogP contribution in [-0.4, -0.2) is 12.4 Å². The van der Waals surface area contributed by atoms with Gasteiger partial charge in [0.25, 0.3) is 0 Å². The Balaban J connectivity index is 2.11. The van der Waals surface area contributed by atoms with E-state index in [-0.39, 0.29) is 18.5 Å². The van der Waals surface area contributed by atoms with Crippen molar-refractivity contribution in [2.24, 2.45) is 0 Å². The van der Waals surface area contributed by atoms with Crippen molar-refractivity contribution in [3.8, 4) is 0 Å². The molecule has 1 aliphatic heterocycles. The molecule has 0 amide bonds. The third-order valence-electron chi connectivity index (χ3n) is 2.81. The zero-order valence-electron chi connectivity index (χ0n) is 7.69. The highest BCUT2D eigenvalue weighted by Gasteiger charge is 2.31. The molecule has 0 radical (unpaired) electrons. The number of hydrogen-bond acceptors (Lipinski definition) is 2. The van der Waals surface area contributed by atoms with Crippen molar-refractivity contribution in [2.75, 3.05) is 6.61 Å². The molecule has 1 aromatic rings. The molecule has 1 heterocycles. The van der Waals surface area contributed by atoms with Crippen LogP contribution in [0.2, 0.25) is 0 Å². The van der Waals surface area contributed by atoms with Crippen molar-refractivity contribution < 1.29 is 9.53 Å². The van der Waals surface area contributed by atoms with Crippen LogP contribution in [0.3, 0.4) is 0 Å². The van der Waals surface area contributed by atoms with E-state index in [2.05, 4.69) is 12.1 Å². The first-order chi connectivity index (χ1) is 6.84. The average molecular weight is 186 g/mol. The van der Waals surface area contributed by atoms with E-state index in [1.54, 1.807) is 6.08 Å². The Bertz CT molecular complexity index is 432. The predicted octanol–water partition coefficient (Wildman–Crippen LogP) is 1.81. The summed E-state index contributed by atoms with van der Waals surface area (Å²) in [5, 5.41) is 0. The van der Waals surface area contributed by atoms with Crippen molar-refractivity contribution in [3.63, 3.8) is 0 Å². The standard InChI is InChI=1S/C12H10O2/c13-10-6-9-5-8-3-1-2-4-11(8)12(9)14-7-10/h1-4,6,12H,5,7H2. The lowest BCUT2D eigenvalue weighted by molar-refractivity contribution is -0.121. The molecule has 0 saturated heterocycles. The lowest BCUT2D eigenvalue weighted by atomic mass is 10.1. The van der Waals surface area contributed by atoms with Crippen LogP contribution in [0, 0.1) is 0 Å². The van der Waals surface area contributed by atoms with Crippen LogP contribution >= 0.6 is 0 Å². The monoisotopic (exact) mass is 186 g/mol. The summed E-state index contributed by atoms with van der Waals surface area (Å²) in [7, 11) is 0. The minimum Gasteiger partial charge on any atom is -0.361 e. The molecule has 1 aliphatic carbocycles. The summed E-state index contributed by atoms with van der Waals surface area (Å²) < 4.78 is 5.52. The van der Waals surface area contributed by atoms with Gasteiger partial charge in [0.1, 0.15) is 12.7 Å². The van der Waals surface area contributed by atoms with Crippen molar-refractivity contribution in [1.29, 1.82) is 0 Å². The van der Waals surface area contributed by atoms with E-state index < -0.39 is 0 Å². The summed E-state index contributed by atoms with van der Waals surface area (Å²) in [6, 6.07) is 8.22. The Morgan fingerprint density at radius 3 is 3.07 bits per heavy atom. The minimum atomic E-state index is 0.0453. The van der Waals surface area contributed by atoms with Gasteiger partial charge in [0.05, 0.1) is 0 Å². The SMILES string of the molecule is O=C1C=C2Cc3ccccc3C2OC1. The molecule has 1 atom stereocenters. The van der Waals surface area contributed by atoms with E-state index in [0.717, 1.165) is 12.0 Å². The summed E-state index contributed by atoms with van der Waals surface area (Å²) in [6.07, 6.45) is 2.66. The van der Waals surface area contributed by atoms with Crippen molar-refractivity contribution >= 4 is 5.78 Å². The number of fused-ring (bicyclic) bond motifs is 3. The number of hydrogen-bond donors (Lipinski definition) is 0. The molecule has 14 heavy (non-hydrogen) atoms. The highest BCUT2D eigenvalue weighted by atomic mass is 16.5. The topological polar surface area (TPSA) is 26.3 Å². The summed E-state index contributed by atoms with van der Waals surface area (Å²) in [6.45, 7) is 0.225. The first-order valence-electron chi connectivity index (χ1n) is 4.77. The molecule has 2 aliphatic rings. The molecular weight excluding hydrogens is 176 g/mol. The second-order valence-corrected chi connectivity index (χ2v) is 3.75. The fourth-order valence-corrected chi connectivity index (χ4v) is 2.20. The third kappa shape index (κ3) is 1.04. The van der Waals surface area contributed by atoms with Gasteiger partial charge in [-0.1, -0.05) is 24.3 Å². The second kappa shape index (κ2) is 2.79. The maximum atomic E-state index is 11.2. The zero-order chi connectivity index (χ0) is 9.54. The molecule has 0 saturated carbocycles. The Labute approximate surface area is 82.2 Å². The van der Waals surface area contributed by atoms with Crippen LogP contribution in [0.15, 0.2) is 35.9 Å². The summed E-state index contributed by atoms with van der Waals surface area (Å²) in [5.74, 6) is 0.0871. The molecule has 2 nitrogen and oxygen atoms in total. The Morgan fingerprint density at radius 1 is 1.29 bits per heavy atom. The van der Waals surface area contributed by atoms with Gasteiger partial charge in [-0.25, -0.2) is 0 Å². The fraction of sp³-hybridized carbons (Fsp3) is 0.250. The van der Waals surface area contributed by atoms with Crippen molar-refractivity contribution in [1.82, 2.24) is 0 Å². The van der Waals surface area contributed by atoms with Crippen LogP contribution in [0.1, 0.15) is 17.2 Å². The summed E-state index contributed by atoms with van der Waals surface area (Å²) in [5.41, 5.74) is 3.63. The molecule has 3 rings (SSSR count). The first-order valence-corrected chi connectivity index (χ1v) is 4.77. The van der Waals surface area contributed by atoms with Gasteiger partial charge in [-0.3, -0.25) is 4.79 Å². The van der Waals surface area contributed by atoms with Crippen LogP contribution in [0.5, 0.6) is 0 Å². The van der Waals surface area contributed by atoms with E-state index >= 15 is 0 Å². The maximum absolute atomic E-state index is 11.2. The van der Waals surface area contributed by atoms with Gasteiger partial charge in [-0.2, -0.15) is 0 Å². The van der Waals surface area contributed by atoms with Crippen molar-refractivity contribution in [3.05, 3.63) is 47.0 Å². The Hall–Kier alpha value is -1.41. The molecule has 0 N–H and O–H groups in total. The van der Waals surface area contributed by atoms with Crippen LogP contribution in [0.25, 0.3) is 0 Å². The molecule has 70 valence electrons. The normalized spacial score (nSPS) is 24.1. The lowest BCUT2D eigenvalue weighted by Gasteiger charge is -2.18. The molecule has 0 spiro atoms. The minimum absolute atomic E-state index is 0.0453. The highest BCUT2D eigenvalue weighted by molar-refractivity contribution is 5.92. The number of ether oxygens (including phenoxy) is 1. The van der Waals surface area contributed by atoms with Gasteiger partial charge < -0.3 is 4.74 Å². The van der Waals surface area contributed by atoms with Crippen LogP contribution < -0.4 is 0 Å².